The number of carbonyl (C=O) groups excluding carboxylic acids is 1. The minimum atomic E-state index is -0.250. The smallest absolute Gasteiger partial charge is 0.274 e. The van der Waals surface area contributed by atoms with Crippen molar-refractivity contribution in [3.8, 4) is 0 Å². The number of aromatic nitrogens is 2. The average molecular weight is 360 g/mol. The van der Waals surface area contributed by atoms with Crippen LogP contribution < -0.4 is 10.2 Å². The van der Waals surface area contributed by atoms with E-state index in [1.807, 2.05) is 66.4 Å². The van der Waals surface area contributed by atoms with E-state index in [-0.39, 0.29) is 5.91 Å². The molecule has 1 amide bonds. The van der Waals surface area contributed by atoms with E-state index in [2.05, 4.69) is 29.1 Å². The van der Waals surface area contributed by atoms with Crippen LogP contribution in [-0.4, -0.2) is 22.4 Å². The molecule has 5 nitrogen and oxygen atoms in total. The van der Waals surface area contributed by atoms with Crippen LogP contribution in [0.15, 0.2) is 66.9 Å². The molecule has 0 fully saturated rings. The maximum absolute atomic E-state index is 12.6. The third kappa shape index (κ3) is 4.50. The molecule has 1 aromatic heterocycles. The summed E-state index contributed by atoms with van der Waals surface area (Å²) in [6.45, 7) is 7.01. The van der Waals surface area contributed by atoms with E-state index >= 15 is 0 Å². The summed E-state index contributed by atoms with van der Waals surface area (Å²) in [5, 5.41) is 2.90. The van der Waals surface area contributed by atoms with Crippen molar-refractivity contribution in [2.45, 2.75) is 26.7 Å². The van der Waals surface area contributed by atoms with E-state index in [0.29, 0.717) is 24.1 Å². The first kappa shape index (κ1) is 18.6. The van der Waals surface area contributed by atoms with Gasteiger partial charge in [-0.15, -0.1) is 0 Å². The number of amides is 1. The minimum absolute atomic E-state index is 0.250. The Bertz CT molecular complexity index is 892. The SMILES string of the molecule is CCN(c1ccccc1)c1nccc(C(=O)Nc2ccc(C(C)C)cc2)n1. The summed E-state index contributed by atoms with van der Waals surface area (Å²) < 4.78 is 0. The molecule has 2 aromatic carbocycles. The van der Waals surface area contributed by atoms with Crippen LogP contribution in [0.1, 0.15) is 42.7 Å². The second kappa shape index (κ2) is 8.45. The Morgan fingerprint density at radius 3 is 2.37 bits per heavy atom. The molecule has 27 heavy (non-hydrogen) atoms. The van der Waals surface area contributed by atoms with Crippen molar-refractivity contribution in [2.75, 3.05) is 16.8 Å². The Kier molecular flexibility index (Phi) is 5.81. The van der Waals surface area contributed by atoms with Crippen LogP contribution in [0.2, 0.25) is 0 Å². The largest absolute Gasteiger partial charge is 0.321 e. The topological polar surface area (TPSA) is 58.1 Å². The fraction of sp³-hybridized carbons (Fsp3) is 0.227. The molecule has 0 radical (unpaired) electrons. The van der Waals surface area contributed by atoms with Gasteiger partial charge in [0.2, 0.25) is 5.95 Å². The molecule has 3 rings (SSSR count). The molecular formula is C22H24N4O. The Labute approximate surface area is 160 Å². The van der Waals surface area contributed by atoms with Crippen molar-refractivity contribution in [1.29, 1.82) is 0 Å². The predicted molar refractivity (Wildman–Crippen MR) is 110 cm³/mol. The Hall–Kier alpha value is -3.21. The number of hydrogen-bond donors (Lipinski definition) is 1. The van der Waals surface area contributed by atoms with Crippen LogP contribution in [0.5, 0.6) is 0 Å². The molecule has 3 aromatic rings. The zero-order valence-electron chi connectivity index (χ0n) is 15.9. The molecule has 0 atom stereocenters. The van der Waals surface area contributed by atoms with E-state index in [4.69, 9.17) is 0 Å². The van der Waals surface area contributed by atoms with Gasteiger partial charge in [0.1, 0.15) is 5.69 Å². The molecule has 0 spiro atoms. The van der Waals surface area contributed by atoms with Crippen molar-refractivity contribution < 1.29 is 4.79 Å². The van der Waals surface area contributed by atoms with Gasteiger partial charge in [0, 0.05) is 24.1 Å². The maximum atomic E-state index is 12.6. The lowest BCUT2D eigenvalue weighted by Crippen LogP contribution is -2.21. The summed E-state index contributed by atoms with van der Waals surface area (Å²) in [5.74, 6) is 0.712. The van der Waals surface area contributed by atoms with Gasteiger partial charge in [-0.1, -0.05) is 44.2 Å². The predicted octanol–water partition coefficient (Wildman–Crippen LogP) is 5.01. The number of hydrogen-bond acceptors (Lipinski definition) is 4. The van der Waals surface area contributed by atoms with Crippen LogP contribution in [-0.2, 0) is 0 Å². The first-order valence-corrected chi connectivity index (χ1v) is 9.15. The van der Waals surface area contributed by atoms with Crippen molar-refractivity contribution in [1.82, 2.24) is 9.97 Å². The number of para-hydroxylation sites is 1. The van der Waals surface area contributed by atoms with Gasteiger partial charge in [0.05, 0.1) is 0 Å². The van der Waals surface area contributed by atoms with E-state index in [0.717, 1.165) is 11.4 Å². The normalized spacial score (nSPS) is 10.7. The summed E-state index contributed by atoms with van der Waals surface area (Å²) in [6, 6.07) is 19.4. The van der Waals surface area contributed by atoms with Crippen LogP contribution in [0.3, 0.4) is 0 Å². The van der Waals surface area contributed by atoms with Gasteiger partial charge in [-0.25, -0.2) is 9.97 Å². The Morgan fingerprint density at radius 2 is 1.74 bits per heavy atom. The average Bonchev–Trinajstić information content (AvgIpc) is 2.70. The van der Waals surface area contributed by atoms with Gasteiger partial charge in [-0.05, 0) is 48.7 Å². The summed E-state index contributed by atoms with van der Waals surface area (Å²) in [7, 11) is 0. The zero-order chi connectivity index (χ0) is 19.2. The van der Waals surface area contributed by atoms with Crippen LogP contribution in [0.25, 0.3) is 0 Å². The van der Waals surface area contributed by atoms with Crippen molar-refractivity contribution in [3.63, 3.8) is 0 Å². The first-order valence-electron chi connectivity index (χ1n) is 9.15. The highest BCUT2D eigenvalue weighted by Gasteiger charge is 2.14. The lowest BCUT2D eigenvalue weighted by atomic mass is 10.0. The highest BCUT2D eigenvalue weighted by molar-refractivity contribution is 6.03. The number of carbonyl (C=O) groups is 1. The Morgan fingerprint density at radius 1 is 1.04 bits per heavy atom. The van der Waals surface area contributed by atoms with Crippen LogP contribution >= 0.6 is 0 Å². The molecule has 0 saturated carbocycles. The van der Waals surface area contributed by atoms with E-state index < -0.39 is 0 Å². The molecule has 0 aliphatic carbocycles. The number of rotatable bonds is 6. The van der Waals surface area contributed by atoms with E-state index in [9.17, 15) is 4.79 Å². The third-order valence-electron chi connectivity index (χ3n) is 4.34. The number of benzene rings is 2. The summed E-state index contributed by atoms with van der Waals surface area (Å²) >= 11 is 0. The minimum Gasteiger partial charge on any atom is -0.321 e. The van der Waals surface area contributed by atoms with Gasteiger partial charge in [-0.2, -0.15) is 0 Å². The second-order valence-electron chi connectivity index (χ2n) is 6.55. The summed E-state index contributed by atoms with van der Waals surface area (Å²) in [6.07, 6.45) is 1.62. The van der Waals surface area contributed by atoms with Gasteiger partial charge < -0.3 is 10.2 Å². The molecule has 0 aliphatic heterocycles. The second-order valence-corrected chi connectivity index (χ2v) is 6.55. The van der Waals surface area contributed by atoms with Crippen molar-refractivity contribution >= 4 is 23.2 Å². The monoisotopic (exact) mass is 360 g/mol. The fourth-order valence-electron chi connectivity index (χ4n) is 2.80. The van der Waals surface area contributed by atoms with Gasteiger partial charge >= 0.3 is 0 Å². The van der Waals surface area contributed by atoms with Crippen molar-refractivity contribution in [3.05, 3.63) is 78.1 Å². The van der Waals surface area contributed by atoms with Gasteiger partial charge in [0.25, 0.3) is 5.91 Å². The molecule has 0 unspecified atom stereocenters. The molecule has 0 saturated heterocycles. The zero-order valence-corrected chi connectivity index (χ0v) is 15.9. The molecular weight excluding hydrogens is 336 g/mol. The first-order chi connectivity index (χ1) is 13.1. The molecule has 1 heterocycles. The highest BCUT2D eigenvalue weighted by atomic mass is 16.1. The van der Waals surface area contributed by atoms with E-state index in [1.54, 1.807) is 12.3 Å². The molecule has 138 valence electrons. The fourth-order valence-corrected chi connectivity index (χ4v) is 2.80. The van der Waals surface area contributed by atoms with Gasteiger partial charge in [-0.3, -0.25) is 4.79 Å². The number of nitrogens with zero attached hydrogens (tertiary/aromatic N) is 3. The molecule has 5 heteroatoms. The summed E-state index contributed by atoms with van der Waals surface area (Å²) in [4.78, 5) is 23.4. The lowest BCUT2D eigenvalue weighted by molar-refractivity contribution is 0.102. The highest BCUT2D eigenvalue weighted by Crippen LogP contribution is 2.21. The molecule has 1 N–H and O–H groups in total. The molecule has 0 aliphatic rings. The number of anilines is 3. The van der Waals surface area contributed by atoms with E-state index in [1.165, 1.54) is 5.56 Å². The maximum Gasteiger partial charge on any atom is 0.274 e. The quantitative estimate of drug-likeness (QED) is 0.671. The van der Waals surface area contributed by atoms with Crippen molar-refractivity contribution in [2.24, 2.45) is 0 Å². The van der Waals surface area contributed by atoms with Crippen LogP contribution in [0, 0.1) is 0 Å². The summed E-state index contributed by atoms with van der Waals surface area (Å²) in [5.41, 5.74) is 3.31. The Balaban J connectivity index is 1.79. The number of nitrogens with one attached hydrogen (secondary N) is 1. The van der Waals surface area contributed by atoms with Crippen LogP contribution in [0.4, 0.5) is 17.3 Å². The molecule has 0 bridgehead atoms. The van der Waals surface area contributed by atoms with Gasteiger partial charge in [0.15, 0.2) is 0 Å². The third-order valence-corrected chi connectivity index (χ3v) is 4.34. The standard InChI is InChI=1S/C22H24N4O/c1-4-26(19-8-6-5-7-9-19)22-23-15-14-20(25-22)21(27)24-18-12-10-17(11-13-18)16(2)3/h5-16H,4H2,1-3H3,(H,24,27). The lowest BCUT2D eigenvalue weighted by Gasteiger charge is -2.21.